The molecule has 0 aliphatic rings. The van der Waals surface area contributed by atoms with Crippen molar-refractivity contribution in [3.8, 4) is 16.2 Å². The zero-order chi connectivity index (χ0) is 14.0. The normalized spacial score (nSPS) is 11.3. The number of hydrogen-bond acceptors (Lipinski definition) is 3. The molecule has 19 heavy (non-hydrogen) atoms. The van der Waals surface area contributed by atoms with Crippen LogP contribution in [0.15, 0.2) is 35.7 Å². The van der Waals surface area contributed by atoms with Crippen molar-refractivity contribution in [2.45, 2.75) is 6.36 Å². The van der Waals surface area contributed by atoms with Crippen LogP contribution in [0.3, 0.4) is 0 Å². The number of rotatable bonds is 3. The molecule has 7 heteroatoms. The predicted octanol–water partition coefficient (Wildman–Crippen LogP) is 4.01. The molecule has 0 saturated heterocycles. The van der Waals surface area contributed by atoms with Gasteiger partial charge in [0.2, 0.25) is 0 Å². The summed E-state index contributed by atoms with van der Waals surface area (Å²) < 4.78 is 40.1. The van der Waals surface area contributed by atoms with E-state index in [1.807, 2.05) is 0 Å². The maximum Gasteiger partial charge on any atom is 0.573 e. The first-order valence-electron chi connectivity index (χ1n) is 5.03. The third-order valence-corrected chi connectivity index (χ3v) is 3.18. The van der Waals surface area contributed by atoms with Gasteiger partial charge in [0.05, 0.1) is 5.56 Å². The van der Waals surface area contributed by atoms with Crippen molar-refractivity contribution in [2.24, 2.45) is 0 Å². The van der Waals surface area contributed by atoms with Gasteiger partial charge in [0.1, 0.15) is 5.75 Å². The molecule has 0 aliphatic carbocycles. The molecule has 0 aliphatic heterocycles. The van der Waals surface area contributed by atoms with Crippen molar-refractivity contribution in [1.29, 1.82) is 0 Å². The number of benzene rings is 1. The minimum Gasteiger partial charge on any atom is -0.478 e. The fourth-order valence-corrected chi connectivity index (χ4v) is 2.33. The smallest absolute Gasteiger partial charge is 0.478 e. The van der Waals surface area contributed by atoms with Gasteiger partial charge in [-0.3, -0.25) is 0 Å². The third-order valence-electron chi connectivity index (χ3n) is 2.20. The lowest BCUT2D eigenvalue weighted by Gasteiger charge is -2.09. The number of carboxylic acid groups (broad SMARTS) is 1. The van der Waals surface area contributed by atoms with Crippen LogP contribution < -0.4 is 4.74 Å². The maximum absolute atomic E-state index is 12.1. The first-order chi connectivity index (χ1) is 8.85. The molecule has 0 bridgehead atoms. The SMILES string of the molecule is O=C(O)c1csc(-c2cccc(OC(F)(F)F)c2)c1. The summed E-state index contributed by atoms with van der Waals surface area (Å²) in [6.07, 6.45) is -4.75. The monoisotopic (exact) mass is 288 g/mol. The first kappa shape index (κ1) is 13.4. The van der Waals surface area contributed by atoms with E-state index in [9.17, 15) is 18.0 Å². The van der Waals surface area contributed by atoms with E-state index in [2.05, 4.69) is 4.74 Å². The highest BCUT2D eigenvalue weighted by molar-refractivity contribution is 7.13. The Morgan fingerprint density at radius 2 is 2.00 bits per heavy atom. The molecule has 0 unspecified atom stereocenters. The van der Waals surface area contributed by atoms with Crippen LogP contribution >= 0.6 is 11.3 Å². The Balaban J connectivity index is 2.29. The molecule has 2 aromatic rings. The zero-order valence-electron chi connectivity index (χ0n) is 9.27. The molecule has 0 spiro atoms. The van der Waals surface area contributed by atoms with Crippen LogP contribution in [0, 0.1) is 0 Å². The van der Waals surface area contributed by atoms with Gasteiger partial charge in [-0.15, -0.1) is 24.5 Å². The Labute approximate surface area is 109 Å². The van der Waals surface area contributed by atoms with E-state index in [0.29, 0.717) is 10.4 Å². The third kappa shape index (κ3) is 3.47. The Kier molecular flexibility index (Phi) is 3.48. The highest BCUT2D eigenvalue weighted by Crippen LogP contribution is 2.31. The van der Waals surface area contributed by atoms with Gasteiger partial charge < -0.3 is 9.84 Å². The average molecular weight is 288 g/mol. The van der Waals surface area contributed by atoms with Gasteiger partial charge >= 0.3 is 12.3 Å². The largest absolute Gasteiger partial charge is 0.573 e. The van der Waals surface area contributed by atoms with Gasteiger partial charge in [-0.05, 0) is 23.8 Å². The molecule has 2 rings (SSSR count). The number of ether oxygens (including phenoxy) is 1. The lowest BCUT2D eigenvalue weighted by Crippen LogP contribution is -2.17. The average Bonchev–Trinajstić information content (AvgIpc) is 2.76. The van der Waals surface area contributed by atoms with Crippen molar-refractivity contribution < 1.29 is 27.8 Å². The summed E-state index contributed by atoms with van der Waals surface area (Å²) in [5.74, 6) is -1.42. The second kappa shape index (κ2) is 4.93. The van der Waals surface area contributed by atoms with Gasteiger partial charge in [-0.2, -0.15) is 0 Å². The van der Waals surface area contributed by atoms with E-state index >= 15 is 0 Å². The van der Waals surface area contributed by atoms with Gasteiger partial charge in [0.25, 0.3) is 0 Å². The molecule has 0 radical (unpaired) electrons. The quantitative estimate of drug-likeness (QED) is 0.928. The second-order valence-corrected chi connectivity index (χ2v) is 4.49. The Hall–Kier alpha value is -2.02. The zero-order valence-corrected chi connectivity index (χ0v) is 10.1. The van der Waals surface area contributed by atoms with Crippen LogP contribution in [0.25, 0.3) is 10.4 Å². The van der Waals surface area contributed by atoms with Crippen molar-refractivity contribution in [3.05, 3.63) is 41.3 Å². The highest BCUT2D eigenvalue weighted by Gasteiger charge is 2.31. The number of hydrogen-bond donors (Lipinski definition) is 1. The van der Waals surface area contributed by atoms with Gasteiger partial charge in [-0.25, -0.2) is 4.79 Å². The van der Waals surface area contributed by atoms with E-state index in [1.54, 1.807) is 6.07 Å². The summed E-state index contributed by atoms with van der Waals surface area (Å²) in [4.78, 5) is 11.3. The van der Waals surface area contributed by atoms with E-state index in [0.717, 1.165) is 11.3 Å². The van der Waals surface area contributed by atoms with E-state index in [1.165, 1.54) is 29.6 Å². The van der Waals surface area contributed by atoms with E-state index in [-0.39, 0.29) is 11.3 Å². The standard InChI is InChI=1S/C12H7F3O3S/c13-12(14,15)18-9-3-1-2-7(4-9)10-5-8(6-19-10)11(16)17/h1-6H,(H,16,17). The summed E-state index contributed by atoms with van der Waals surface area (Å²) in [6, 6.07) is 6.80. The van der Waals surface area contributed by atoms with Gasteiger partial charge in [-0.1, -0.05) is 12.1 Å². The van der Waals surface area contributed by atoms with Gasteiger partial charge in [0, 0.05) is 10.3 Å². The Morgan fingerprint density at radius 3 is 2.58 bits per heavy atom. The van der Waals surface area contributed by atoms with Crippen LogP contribution in [-0.4, -0.2) is 17.4 Å². The van der Waals surface area contributed by atoms with Crippen LogP contribution in [0.1, 0.15) is 10.4 Å². The fraction of sp³-hybridized carbons (Fsp3) is 0.0833. The minimum absolute atomic E-state index is 0.0992. The van der Waals surface area contributed by atoms with E-state index < -0.39 is 12.3 Å². The molecule has 100 valence electrons. The highest BCUT2D eigenvalue weighted by atomic mass is 32.1. The fourth-order valence-electron chi connectivity index (χ4n) is 1.45. The minimum atomic E-state index is -4.75. The molecule has 0 atom stereocenters. The molecular weight excluding hydrogens is 281 g/mol. The van der Waals surface area contributed by atoms with E-state index in [4.69, 9.17) is 5.11 Å². The van der Waals surface area contributed by atoms with Crippen LogP contribution in [-0.2, 0) is 0 Å². The number of carboxylic acids is 1. The van der Waals surface area contributed by atoms with Crippen LogP contribution in [0.5, 0.6) is 5.75 Å². The molecule has 1 aromatic carbocycles. The van der Waals surface area contributed by atoms with Crippen LogP contribution in [0.2, 0.25) is 0 Å². The van der Waals surface area contributed by atoms with Crippen molar-refractivity contribution in [1.82, 2.24) is 0 Å². The topological polar surface area (TPSA) is 46.5 Å². The van der Waals surface area contributed by atoms with Crippen LogP contribution in [0.4, 0.5) is 13.2 Å². The summed E-state index contributed by atoms with van der Waals surface area (Å²) in [7, 11) is 0. The number of aromatic carboxylic acids is 1. The predicted molar refractivity (Wildman–Crippen MR) is 63.4 cm³/mol. The number of halogens is 3. The molecule has 0 saturated carbocycles. The van der Waals surface area contributed by atoms with Crippen molar-refractivity contribution in [3.63, 3.8) is 0 Å². The number of thiophene rings is 1. The molecule has 0 fully saturated rings. The molecular formula is C12H7F3O3S. The Bertz CT molecular complexity index is 604. The Morgan fingerprint density at radius 1 is 1.26 bits per heavy atom. The summed E-state index contributed by atoms with van der Waals surface area (Å²) in [5.41, 5.74) is 0.571. The molecule has 1 heterocycles. The van der Waals surface area contributed by atoms with Crippen molar-refractivity contribution >= 4 is 17.3 Å². The molecule has 1 N–H and O–H groups in total. The van der Waals surface area contributed by atoms with Gasteiger partial charge in [0.15, 0.2) is 0 Å². The second-order valence-electron chi connectivity index (χ2n) is 3.58. The maximum atomic E-state index is 12.1. The molecule has 1 aromatic heterocycles. The summed E-state index contributed by atoms with van der Waals surface area (Å²) >= 11 is 1.14. The summed E-state index contributed by atoms with van der Waals surface area (Å²) in [6.45, 7) is 0. The number of carbonyl (C=O) groups is 1. The first-order valence-corrected chi connectivity index (χ1v) is 5.91. The number of alkyl halides is 3. The lowest BCUT2D eigenvalue weighted by atomic mass is 10.1. The molecule has 3 nitrogen and oxygen atoms in total. The lowest BCUT2D eigenvalue weighted by molar-refractivity contribution is -0.274. The van der Waals surface area contributed by atoms with Crippen molar-refractivity contribution in [2.75, 3.05) is 0 Å². The molecule has 0 amide bonds. The summed E-state index contributed by atoms with van der Waals surface area (Å²) in [5, 5.41) is 10.2.